The van der Waals surface area contributed by atoms with E-state index in [1.165, 1.54) is 5.01 Å². The van der Waals surface area contributed by atoms with E-state index < -0.39 is 6.04 Å². The van der Waals surface area contributed by atoms with Crippen LogP contribution >= 0.6 is 0 Å². The van der Waals surface area contributed by atoms with Crippen LogP contribution in [0.2, 0.25) is 0 Å². The Hall–Kier alpha value is -1.91. The molecule has 0 aromatic heterocycles. The van der Waals surface area contributed by atoms with E-state index in [2.05, 4.69) is 5.29 Å². The van der Waals surface area contributed by atoms with E-state index in [9.17, 15) is 9.70 Å². The summed E-state index contributed by atoms with van der Waals surface area (Å²) in [7, 11) is 0. The summed E-state index contributed by atoms with van der Waals surface area (Å²) < 4.78 is 5.16. The predicted molar refractivity (Wildman–Crippen MR) is 61.8 cm³/mol. The molecule has 5 heteroatoms. The fourth-order valence-electron chi connectivity index (χ4n) is 1.91. The van der Waals surface area contributed by atoms with Gasteiger partial charge in [0, 0.05) is 6.54 Å². The Bertz CT molecular complexity index is 394. The zero-order valence-electron chi connectivity index (χ0n) is 9.41. The van der Waals surface area contributed by atoms with E-state index in [0.29, 0.717) is 13.0 Å². The molecular weight excluding hydrogens is 220 g/mol. The first kappa shape index (κ1) is 11.6. The number of hydrogen-bond acceptors (Lipinski definition) is 4. The summed E-state index contributed by atoms with van der Waals surface area (Å²) in [6, 6.07) is 8.95. The van der Waals surface area contributed by atoms with Gasteiger partial charge >= 0.3 is 5.97 Å². The molecule has 0 bridgehead atoms. The van der Waals surface area contributed by atoms with Gasteiger partial charge in [0.25, 0.3) is 0 Å². The zero-order valence-corrected chi connectivity index (χ0v) is 9.41. The first-order chi connectivity index (χ1) is 8.31. The zero-order chi connectivity index (χ0) is 12.1. The highest BCUT2D eigenvalue weighted by Crippen LogP contribution is 2.18. The van der Waals surface area contributed by atoms with Crippen molar-refractivity contribution in [3.05, 3.63) is 40.8 Å². The highest BCUT2D eigenvalue weighted by Gasteiger charge is 2.32. The fourth-order valence-corrected chi connectivity index (χ4v) is 1.91. The lowest BCUT2D eigenvalue weighted by Gasteiger charge is -2.16. The van der Waals surface area contributed by atoms with Crippen LogP contribution in [0.4, 0.5) is 0 Å². The molecule has 1 saturated heterocycles. The van der Waals surface area contributed by atoms with Gasteiger partial charge in [0.05, 0.1) is 5.29 Å². The molecule has 1 atom stereocenters. The van der Waals surface area contributed by atoms with Gasteiger partial charge in [0.1, 0.15) is 12.6 Å². The van der Waals surface area contributed by atoms with Crippen molar-refractivity contribution in [1.29, 1.82) is 0 Å². The van der Waals surface area contributed by atoms with Crippen molar-refractivity contribution in [2.75, 3.05) is 6.54 Å². The molecule has 1 heterocycles. The number of hydrogen-bond donors (Lipinski definition) is 0. The topological polar surface area (TPSA) is 59.0 Å². The van der Waals surface area contributed by atoms with E-state index in [0.717, 1.165) is 12.0 Å². The standard InChI is InChI=1S/C12H14N2O3/c15-12(11-7-4-8-14(11)13-16)17-9-10-5-2-1-3-6-10/h1-3,5-6,11H,4,7-9H2/t11-/m0/s1. The number of nitroso groups, excluding NO2 is 1. The maximum atomic E-state index is 11.7. The molecule has 1 aromatic rings. The number of nitrogens with zero attached hydrogens (tertiary/aromatic N) is 2. The van der Waals surface area contributed by atoms with Crippen LogP contribution in [-0.4, -0.2) is 23.6 Å². The lowest BCUT2D eigenvalue weighted by Crippen LogP contribution is -2.33. The van der Waals surface area contributed by atoms with E-state index in [1.54, 1.807) is 0 Å². The van der Waals surface area contributed by atoms with Gasteiger partial charge in [-0.05, 0) is 18.4 Å². The minimum Gasteiger partial charge on any atom is -0.459 e. The number of carbonyl (C=O) groups is 1. The highest BCUT2D eigenvalue weighted by atomic mass is 16.5. The van der Waals surface area contributed by atoms with Crippen molar-refractivity contribution in [2.45, 2.75) is 25.5 Å². The van der Waals surface area contributed by atoms with E-state index >= 15 is 0 Å². The van der Waals surface area contributed by atoms with E-state index in [-0.39, 0.29) is 12.6 Å². The van der Waals surface area contributed by atoms with Gasteiger partial charge < -0.3 is 4.74 Å². The highest BCUT2D eigenvalue weighted by molar-refractivity contribution is 5.76. The third kappa shape index (κ3) is 2.81. The molecule has 2 rings (SSSR count). The van der Waals surface area contributed by atoms with Gasteiger partial charge in [-0.2, -0.15) is 0 Å². The Labute approximate surface area is 99.3 Å². The average Bonchev–Trinajstić information content (AvgIpc) is 2.85. The molecule has 0 N–H and O–H groups in total. The van der Waals surface area contributed by atoms with Gasteiger partial charge in [-0.25, -0.2) is 9.80 Å². The summed E-state index contributed by atoms with van der Waals surface area (Å²) in [4.78, 5) is 22.2. The second kappa shape index (κ2) is 5.43. The van der Waals surface area contributed by atoms with E-state index in [1.807, 2.05) is 30.3 Å². The summed E-state index contributed by atoms with van der Waals surface area (Å²) in [6.45, 7) is 0.775. The third-order valence-electron chi connectivity index (χ3n) is 2.83. The minimum atomic E-state index is -0.504. The first-order valence-corrected chi connectivity index (χ1v) is 5.62. The second-order valence-corrected chi connectivity index (χ2v) is 4.00. The van der Waals surface area contributed by atoms with E-state index in [4.69, 9.17) is 4.74 Å². The summed E-state index contributed by atoms with van der Waals surface area (Å²) >= 11 is 0. The SMILES string of the molecule is O=NN1CCC[C@H]1C(=O)OCc1ccccc1. The van der Waals surface area contributed by atoms with Crippen molar-refractivity contribution >= 4 is 5.97 Å². The van der Waals surface area contributed by atoms with Crippen LogP contribution in [0.1, 0.15) is 18.4 Å². The maximum absolute atomic E-state index is 11.7. The van der Waals surface area contributed by atoms with Crippen LogP contribution in [0, 0.1) is 4.91 Å². The number of ether oxygens (including phenoxy) is 1. The monoisotopic (exact) mass is 234 g/mol. The van der Waals surface area contributed by atoms with Crippen LogP contribution in [-0.2, 0) is 16.1 Å². The third-order valence-corrected chi connectivity index (χ3v) is 2.83. The summed E-state index contributed by atoms with van der Waals surface area (Å²) in [5.41, 5.74) is 0.935. The Kier molecular flexibility index (Phi) is 3.69. The Morgan fingerprint density at radius 3 is 2.88 bits per heavy atom. The molecule has 1 aliphatic rings. The molecule has 0 aliphatic carbocycles. The molecule has 0 spiro atoms. The molecule has 17 heavy (non-hydrogen) atoms. The molecule has 1 fully saturated rings. The predicted octanol–water partition coefficient (Wildman–Crippen LogP) is 1.88. The normalized spacial score (nSPS) is 19.1. The molecule has 5 nitrogen and oxygen atoms in total. The molecule has 1 aliphatic heterocycles. The number of benzene rings is 1. The lowest BCUT2D eigenvalue weighted by molar-refractivity contribution is -0.150. The number of esters is 1. The molecule has 0 radical (unpaired) electrons. The summed E-state index contributed by atoms with van der Waals surface area (Å²) in [5, 5.41) is 4.08. The van der Waals surface area contributed by atoms with Gasteiger partial charge in [-0.15, -0.1) is 4.91 Å². The lowest BCUT2D eigenvalue weighted by atomic mass is 10.2. The van der Waals surface area contributed by atoms with Gasteiger partial charge in [-0.1, -0.05) is 30.3 Å². The number of rotatable bonds is 4. The summed E-state index contributed by atoms with van der Waals surface area (Å²) in [5.74, 6) is -0.369. The van der Waals surface area contributed by atoms with Crippen molar-refractivity contribution in [3.63, 3.8) is 0 Å². The van der Waals surface area contributed by atoms with Crippen LogP contribution in [0.5, 0.6) is 0 Å². The Morgan fingerprint density at radius 1 is 1.41 bits per heavy atom. The van der Waals surface area contributed by atoms with Crippen LogP contribution in [0.15, 0.2) is 35.6 Å². The molecule has 90 valence electrons. The molecular formula is C12H14N2O3. The van der Waals surface area contributed by atoms with Gasteiger partial charge in [0.15, 0.2) is 0 Å². The Morgan fingerprint density at radius 2 is 2.18 bits per heavy atom. The largest absolute Gasteiger partial charge is 0.459 e. The Balaban J connectivity index is 1.87. The van der Waals surface area contributed by atoms with Crippen LogP contribution in [0.25, 0.3) is 0 Å². The minimum absolute atomic E-state index is 0.239. The number of carbonyl (C=O) groups excluding carboxylic acids is 1. The van der Waals surface area contributed by atoms with Crippen molar-refractivity contribution in [1.82, 2.24) is 5.01 Å². The van der Waals surface area contributed by atoms with Gasteiger partial charge in [0.2, 0.25) is 0 Å². The quantitative estimate of drug-likeness (QED) is 0.589. The van der Waals surface area contributed by atoms with Crippen LogP contribution in [0.3, 0.4) is 0 Å². The summed E-state index contributed by atoms with van der Waals surface area (Å²) in [6.07, 6.45) is 1.44. The first-order valence-electron chi connectivity index (χ1n) is 5.62. The smallest absolute Gasteiger partial charge is 0.330 e. The average molecular weight is 234 g/mol. The van der Waals surface area contributed by atoms with Crippen molar-refractivity contribution in [2.24, 2.45) is 5.29 Å². The van der Waals surface area contributed by atoms with Crippen molar-refractivity contribution < 1.29 is 9.53 Å². The molecule has 0 amide bonds. The van der Waals surface area contributed by atoms with Gasteiger partial charge in [-0.3, -0.25) is 0 Å². The molecule has 1 aromatic carbocycles. The molecule has 0 saturated carbocycles. The fraction of sp³-hybridized carbons (Fsp3) is 0.417. The van der Waals surface area contributed by atoms with Crippen LogP contribution < -0.4 is 0 Å². The van der Waals surface area contributed by atoms with Crippen molar-refractivity contribution in [3.8, 4) is 0 Å². The maximum Gasteiger partial charge on any atom is 0.330 e. The second-order valence-electron chi connectivity index (χ2n) is 4.00. The molecule has 0 unspecified atom stereocenters.